The van der Waals surface area contributed by atoms with E-state index in [4.69, 9.17) is 9.47 Å². The van der Waals surface area contributed by atoms with Gasteiger partial charge in [-0.25, -0.2) is 4.79 Å². The van der Waals surface area contributed by atoms with E-state index in [-0.39, 0.29) is 12.1 Å². The Kier molecular flexibility index (Phi) is 2.77. The highest BCUT2D eigenvalue weighted by Crippen LogP contribution is 2.26. The predicted octanol–water partition coefficient (Wildman–Crippen LogP) is 1.76. The summed E-state index contributed by atoms with van der Waals surface area (Å²) in [5.74, 6) is -0.261. The zero-order chi connectivity index (χ0) is 10.8. The van der Waals surface area contributed by atoms with Gasteiger partial charge in [-0.1, -0.05) is 0 Å². The molecule has 0 spiro atoms. The van der Waals surface area contributed by atoms with Crippen LogP contribution in [-0.2, 0) is 16.0 Å². The van der Waals surface area contributed by atoms with Gasteiger partial charge in [0.05, 0.1) is 30.6 Å². The fourth-order valence-electron chi connectivity index (χ4n) is 1.92. The summed E-state index contributed by atoms with van der Waals surface area (Å²) in [6.07, 6.45) is 1.88. The molecule has 0 N–H and O–H groups in total. The molecule has 0 aromatic carbocycles. The molecule has 2 rings (SSSR count). The number of aromatic nitrogens is 1. The Balaban J connectivity index is 2.33. The summed E-state index contributed by atoms with van der Waals surface area (Å²) in [7, 11) is 0. The molecule has 82 valence electrons. The normalized spacial score (nSPS) is 19.7. The van der Waals surface area contributed by atoms with Gasteiger partial charge in [0.15, 0.2) is 0 Å². The minimum Gasteiger partial charge on any atom is -0.462 e. The lowest BCUT2D eigenvalue weighted by Crippen LogP contribution is -2.21. The standard InChI is InChI=1S/C11H15NO3/c1-3-14-11(13)9-4-5-12-6-7-15-8(2)10(9)12/h4-5,8H,3,6-7H2,1-2H3. The second-order valence-corrected chi connectivity index (χ2v) is 3.54. The zero-order valence-corrected chi connectivity index (χ0v) is 9.03. The molecule has 0 radical (unpaired) electrons. The van der Waals surface area contributed by atoms with E-state index >= 15 is 0 Å². The van der Waals surface area contributed by atoms with E-state index in [0.717, 1.165) is 12.2 Å². The second kappa shape index (κ2) is 4.06. The summed E-state index contributed by atoms with van der Waals surface area (Å²) in [6.45, 7) is 5.66. The summed E-state index contributed by atoms with van der Waals surface area (Å²) >= 11 is 0. The van der Waals surface area contributed by atoms with Gasteiger partial charge >= 0.3 is 5.97 Å². The molecule has 4 nitrogen and oxygen atoms in total. The molecular formula is C11H15NO3. The fourth-order valence-corrected chi connectivity index (χ4v) is 1.92. The van der Waals surface area contributed by atoms with Crippen molar-refractivity contribution >= 4 is 5.97 Å². The van der Waals surface area contributed by atoms with Crippen molar-refractivity contribution in [2.24, 2.45) is 0 Å². The van der Waals surface area contributed by atoms with Crippen LogP contribution in [-0.4, -0.2) is 23.8 Å². The average Bonchev–Trinajstić information content (AvgIpc) is 2.63. The first-order valence-electron chi connectivity index (χ1n) is 5.21. The van der Waals surface area contributed by atoms with Crippen LogP contribution < -0.4 is 0 Å². The molecule has 2 heterocycles. The molecule has 0 bridgehead atoms. The molecule has 0 saturated carbocycles. The SMILES string of the molecule is CCOC(=O)c1ccn2c1C(C)OCC2. The van der Waals surface area contributed by atoms with Gasteiger partial charge < -0.3 is 14.0 Å². The van der Waals surface area contributed by atoms with Crippen molar-refractivity contribution in [1.82, 2.24) is 4.57 Å². The lowest BCUT2D eigenvalue weighted by molar-refractivity contribution is 0.0293. The maximum atomic E-state index is 11.6. The number of carbonyl (C=O) groups excluding carboxylic acids is 1. The monoisotopic (exact) mass is 209 g/mol. The third-order valence-electron chi connectivity index (χ3n) is 2.59. The van der Waals surface area contributed by atoms with Gasteiger partial charge in [0.1, 0.15) is 0 Å². The zero-order valence-electron chi connectivity index (χ0n) is 9.03. The first-order valence-corrected chi connectivity index (χ1v) is 5.21. The smallest absolute Gasteiger partial charge is 0.340 e. The van der Waals surface area contributed by atoms with Crippen LogP contribution in [0.2, 0.25) is 0 Å². The van der Waals surface area contributed by atoms with Crippen LogP contribution in [0.3, 0.4) is 0 Å². The van der Waals surface area contributed by atoms with Gasteiger partial charge in [-0.3, -0.25) is 0 Å². The van der Waals surface area contributed by atoms with E-state index in [1.807, 2.05) is 13.1 Å². The fraction of sp³-hybridized carbons (Fsp3) is 0.545. The highest BCUT2D eigenvalue weighted by molar-refractivity contribution is 5.91. The first-order chi connectivity index (χ1) is 7.24. The van der Waals surface area contributed by atoms with E-state index in [1.54, 1.807) is 13.0 Å². The third-order valence-corrected chi connectivity index (χ3v) is 2.59. The number of hydrogen-bond donors (Lipinski definition) is 0. The Hall–Kier alpha value is -1.29. The van der Waals surface area contributed by atoms with Gasteiger partial charge in [-0.2, -0.15) is 0 Å². The molecule has 0 fully saturated rings. The Morgan fingerprint density at radius 1 is 1.73 bits per heavy atom. The Labute approximate surface area is 88.8 Å². The maximum absolute atomic E-state index is 11.6. The molecule has 0 amide bonds. The lowest BCUT2D eigenvalue weighted by atomic mass is 10.1. The number of fused-ring (bicyclic) bond motifs is 1. The van der Waals surface area contributed by atoms with Gasteiger partial charge in [0.25, 0.3) is 0 Å². The van der Waals surface area contributed by atoms with Crippen LogP contribution >= 0.6 is 0 Å². The van der Waals surface area contributed by atoms with Crippen molar-refractivity contribution < 1.29 is 14.3 Å². The summed E-state index contributed by atoms with van der Waals surface area (Å²) < 4.78 is 12.6. The van der Waals surface area contributed by atoms with E-state index in [1.165, 1.54) is 0 Å². The first kappa shape index (κ1) is 10.2. The molecule has 4 heteroatoms. The van der Waals surface area contributed by atoms with Gasteiger partial charge in [-0.15, -0.1) is 0 Å². The van der Waals surface area contributed by atoms with Crippen LogP contribution in [0.15, 0.2) is 12.3 Å². The number of rotatable bonds is 2. The molecule has 1 aromatic heterocycles. The van der Waals surface area contributed by atoms with E-state index in [0.29, 0.717) is 18.8 Å². The predicted molar refractivity (Wildman–Crippen MR) is 54.8 cm³/mol. The quantitative estimate of drug-likeness (QED) is 0.697. The third kappa shape index (κ3) is 1.77. The van der Waals surface area contributed by atoms with Gasteiger partial charge in [-0.05, 0) is 19.9 Å². The van der Waals surface area contributed by atoms with Crippen LogP contribution in [0, 0.1) is 0 Å². The second-order valence-electron chi connectivity index (χ2n) is 3.54. The Morgan fingerprint density at radius 3 is 3.27 bits per heavy atom. The molecule has 15 heavy (non-hydrogen) atoms. The lowest BCUT2D eigenvalue weighted by Gasteiger charge is -2.23. The molecule has 1 aromatic rings. The number of esters is 1. The van der Waals surface area contributed by atoms with Crippen LogP contribution in [0.25, 0.3) is 0 Å². The molecular weight excluding hydrogens is 194 g/mol. The minimum atomic E-state index is -0.261. The Morgan fingerprint density at radius 2 is 2.53 bits per heavy atom. The van der Waals surface area contributed by atoms with Crippen molar-refractivity contribution in [1.29, 1.82) is 0 Å². The Bertz CT molecular complexity index is 370. The van der Waals surface area contributed by atoms with E-state index < -0.39 is 0 Å². The molecule has 1 atom stereocenters. The van der Waals surface area contributed by atoms with Crippen LogP contribution in [0.4, 0.5) is 0 Å². The minimum absolute atomic E-state index is 0.0341. The number of nitrogens with zero attached hydrogens (tertiary/aromatic N) is 1. The molecule has 1 unspecified atom stereocenters. The maximum Gasteiger partial charge on any atom is 0.340 e. The van der Waals surface area contributed by atoms with Crippen molar-refractivity contribution in [2.45, 2.75) is 26.5 Å². The van der Waals surface area contributed by atoms with Gasteiger partial charge in [0.2, 0.25) is 0 Å². The van der Waals surface area contributed by atoms with Crippen molar-refractivity contribution in [3.63, 3.8) is 0 Å². The number of carbonyl (C=O) groups is 1. The highest BCUT2D eigenvalue weighted by atomic mass is 16.5. The van der Waals surface area contributed by atoms with E-state index in [2.05, 4.69) is 4.57 Å². The summed E-state index contributed by atoms with van der Waals surface area (Å²) in [5.41, 5.74) is 1.56. The molecule has 0 saturated heterocycles. The van der Waals surface area contributed by atoms with Gasteiger partial charge in [0, 0.05) is 12.7 Å². The summed E-state index contributed by atoms with van der Waals surface area (Å²) in [5, 5.41) is 0. The number of hydrogen-bond acceptors (Lipinski definition) is 3. The van der Waals surface area contributed by atoms with Crippen molar-refractivity contribution in [3.8, 4) is 0 Å². The van der Waals surface area contributed by atoms with E-state index in [9.17, 15) is 4.79 Å². The topological polar surface area (TPSA) is 40.5 Å². The summed E-state index contributed by atoms with van der Waals surface area (Å²) in [4.78, 5) is 11.6. The highest BCUT2D eigenvalue weighted by Gasteiger charge is 2.24. The van der Waals surface area contributed by atoms with Crippen molar-refractivity contribution in [2.75, 3.05) is 13.2 Å². The van der Waals surface area contributed by atoms with Crippen LogP contribution in [0.5, 0.6) is 0 Å². The molecule has 1 aliphatic rings. The number of ether oxygens (including phenoxy) is 2. The molecule has 1 aliphatic heterocycles. The molecule has 0 aliphatic carbocycles. The van der Waals surface area contributed by atoms with Crippen LogP contribution in [0.1, 0.15) is 36.0 Å². The average molecular weight is 209 g/mol. The largest absolute Gasteiger partial charge is 0.462 e. The van der Waals surface area contributed by atoms with Crippen molar-refractivity contribution in [3.05, 3.63) is 23.5 Å². The summed E-state index contributed by atoms with van der Waals surface area (Å²) in [6, 6.07) is 1.80.